The average Bonchev–Trinajstić information content (AvgIpc) is 2.95. The summed E-state index contributed by atoms with van der Waals surface area (Å²) in [5.41, 5.74) is 0.936. The van der Waals surface area contributed by atoms with Crippen molar-refractivity contribution in [2.45, 2.75) is 40.0 Å². The Kier molecular flexibility index (Phi) is 6.23. The van der Waals surface area contributed by atoms with Crippen LogP contribution in [0, 0.1) is 12.8 Å². The van der Waals surface area contributed by atoms with Gasteiger partial charge in [-0.3, -0.25) is 0 Å². The van der Waals surface area contributed by atoms with E-state index in [1.807, 2.05) is 13.0 Å². The predicted molar refractivity (Wildman–Crippen MR) is 85.9 cm³/mol. The Labute approximate surface area is 128 Å². The predicted octanol–water partition coefficient (Wildman–Crippen LogP) is 2.72. The first kappa shape index (κ1) is 16.0. The van der Waals surface area contributed by atoms with E-state index in [1.165, 1.54) is 25.9 Å². The number of nitrogens with zero attached hydrogens (tertiary/aromatic N) is 3. The maximum atomic E-state index is 5.59. The van der Waals surface area contributed by atoms with Crippen LogP contribution in [-0.4, -0.2) is 47.7 Å². The molecule has 5 heteroatoms. The van der Waals surface area contributed by atoms with Crippen LogP contribution in [0.4, 0.5) is 5.95 Å². The Bertz CT molecular complexity index is 432. The fraction of sp³-hybridized carbons (Fsp3) is 0.750. The van der Waals surface area contributed by atoms with Gasteiger partial charge in [-0.25, -0.2) is 4.98 Å². The number of likely N-dealkylation sites (tertiary alicyclic amines) is 1. The summed E-state index contributed by atoms with van der Waals surface area (Å²) in [4.78, 5) is 11.4. The molecule has 0 bridgehead atoms. The molecule has 1 aromatic rings. The number of hydrogen-bond acceptors (Lipinski definition) is 5. The third-order valence-corrected chi connectivity index (χ3v) is 3.66. The molecule has 0 aliphatic carbocycles. The highest BCUT2D eigenvalue weighted by atomic mass is 16.5. The van der Waals surface area contributed by atoms with Crippen LogP contribution in [-0.2, 0) is 0 Å². The van der Waals surface area contributed by atoms with E-state index < -0.39 is 0 Å². The van der Waals surface area contributed by atoms with Crippen molar-refractivity contribution >= 4 is 5.95 Å². The largest absolute Gasteiger partial charge is 0.478 e. The van der Waals surface area contributed by atoms with Gasteiger partial charge in [-0.1, -0.05) is 13.8 Å². The zero-order chi connectivity index (χ0) is 15.1. The van der Waals surface area contributed by atoms with Crippen LogP contribution in [0.15, 0.2) is 6.07 Å². The minimum atomic E-state index is 0.590. The first-order valence-electron chi connectivity index (χ1n) is 8.12. The van der Waals surface area contributed by atoms with Crippen molar-refractivity contribution in [3.63, 3.8) is 0 Å². The third-order valence-electron chi connectivity index (χ3n) is 3.66. The minimum Gasteiger partial charge on any atom is -0.478 e. The molecule has 2 rings (SSSR count). The lowest BCUT2D eigenvalue weighted by Crippen LogP contribution is -2.29. The van der Waals surface area contributed by atoms with Crippen LogP contribution in [0.1, 0.15) is 38.8 Å². The summed E-state index contributed by atoms with van der Waals surface area (Å²) >= 11 is 0. The van der Waals surface area contributed by atoms with Gasteiger partial charge in [0.1, 0.15) is 0 Å². The molecule has 1 unspecified atom stereocenters. The van der Waals surface area contributed by atoms with Gasteiger partial charge in [0.05, 0.1) is 6.61 Å². The van der Waals surface area contributed by atoms with Gasteiger partial charge in [0, 0.05) is 24.8 Å². The van der Waals surface area contributed by atoms with Crippen LogP contribution in [0.2, 0.25) is 0 Å². The molecular formula is C16H28N4O. The highest BCUT2D eigenvalue weighted by molar-refractivity contribution is 5.30. The monoisotopic (exact) mass is 292 g/mol. The van der Waals surface area contributed by atoms with Gasteiger partial charge in [-0.15, -0.1) is 0 Å². The molecule has 118 valence electrons. The molecule has 5 nitrogen and oxygen atoms in total. The SMILES string of the molecule is CCCOc1cc(C)nc(NCC(C)CN2CCCC2)n1. The van der Waals surface area contributed by atoms with E-state index in [-0.39, 0.29) is 0 Å². The molecule has 0 amide bonds. The molecule has 2 heterocycles. The van der Waals surface area contributed by atoms with Crippen molar-refractivity contribution in [3.8, 4) is 5.88 Å². The van der Waals surface area contributed by atoms with Gasteiger partial charge in [0.2, 0.25) is 11.8 Å². The summed E-state index contributed by atoms with van der Waals surface area (Å²) in [6, 6.07) is 1.88. The molecule has 1 atom stereocenters. The van der Waals surface area contributed by atoms with Crippen LogP contribution in [0.25, 0.3) is 0 Å². The Balaban J connectivity index is 1.82. The van der Waals surface area contributed by atoms with Gasteiger partial charge < -0.3 is 15.0 Å². The van der Waals surface area contributed by atoms with Crippen molar-refractivity contribution < 1.29 is 4.74 Å². The first-order valence-corrected chi connectivity index (χ1v) is 8.12. The van der Waals surface area contributed by atoms with E-state index in [1.54, 1.807) is 0 Å². The summed E-state index contributed by atoms with van der Waals surface area (Å²) in [6.45, 7) is 11.6. The van der Waals surface area contributed by atoms with Crippen LogP contribution >= 0.6 is 0 Å². The molecule has 1 aromatic heterocycles. The first-order chi connectivity index (χ1) is 10.2. The van der Waals surface area contributed by atoms with Crippen molar-refractivity contribution in [2.75, 3.05) is 38.1 Å². The average molecular weight is 292 g/mol. The summed E-state index contributed by atoms with van der Waals surface area (Å²) < 4.78 is 5.59. The lowest BCUT2D eigenvalue weighted by Gasteiger charge is -2.20. The highest BCUT2D eigenvalue weighted by Crippen LogP contribution is 2.14. The maximum Gasteiger partial charge on any atom is 0.226 e. The summed E-state index contributed by atoms with van der Waals surface area (Å²) in [7, 11) is 0. The number of anilines is 1. The maximum absolute atomic E-state index is 5.59. The molecule has 21 heavy (non-hydrogen) atoms. The third kappa shape index (κ3) is 5.50. The summed E-state index contributed by atoms with van der Waals surface area (Å²) in [5.74, 6) is 1.93. The Morgan fingerprint density at radius 2 is 2.10 bits per heavy atom. The van der Waals surface area contributed by atoms with Crippen LogP contribution in [0.3, 0.4) is 0 Å². The van der Waals surface area contributed by atoms with Crippen molar-refractivity contribution in [1.82, 2.24) is 14.9 Å². The van der Waals surface area contributed by atoms with Crippen LogP contribution in [0.5, 0.6) is 5.88 Å². The molecule has 0 saturated carbocycles. The minimum absolute atomic E-state index is 0.590. The molecule has 1 aliphatic heterocycles. The Morgan fingerprint density at radius 1 is 1.33 bits per heavy atom. The zero-order valence-electron chi connectivity index (χ0n) is 13.6. The number of rotatable bonds is 8. The fourth-order valence-corrected chi connectivity index (χ4v) is 2.64. The van der Waals surface area contributed by atoms with E-state index in [2.05, 4.69) is 34.0 Å². The van der Waals surface area contributed by atoms with Gasteiger partial charge in [-0.05, 0) is 45.2 Å². The molecule has 1 N–H and O–H groups in total. The molecule has 0 aromatic carbocycles. The number of hydrogen-bond donors (Lipinski definition) is 1. The summed E-state index contributed by atoms with van der Waals surface area (Å²) in [6.07, 6.45) is 3.68. The zero-order valence-corrected chi connectivity index (χ0v) is 13.6. The van der Waals surface area contributed by atoms with E-state index in [4.69, 9.17) is 4.74 Å². The highest BCUT2D eigenvalue weighted by Gasteiger charge is 2.14. The second-order valence-electron chi connectivity index (χ2n) is 6.01. The molecule has 1 aliphatic rings. The molecule has 0 spiro atoms. The van der Waals surface area contributed by atoms with Crippen molar-refractivity contribution in [1.29, 1.82) is 0 Å². The number of aromatic nitrogens is 2. The topological polar surface area (TPSA) is 50.3 Å². The quantitative estimate of drug-likeness (QED) is 0.798. The van der Waals surface area contributed by atoms with E-state index in [0.29, 0.717) is 24.4 Å². The van der Waals surface area contributed by atoms with Gasteiger partial charge >= 0.3 is 0 Å². The molecule has 1 fully saturated rings. The number of ether oxygens (including phenoxy) is 1. The molecule has 1 saturated heterocycles. The molecular weight excluding hydrogens is 264 g/mol. The lowest BCUT2D eigenvalue weighted by molar-refractivity contribution is 0.293. The Hall–Kier alpha value is -1.36. The second-order valence-corrected chi connectivity index (χ2v) is 6.01. The van der Waals surface area contributed by atoms with E-state index in [0.717, 1.165) is 25.2 Å². The lowest BCUT2D eigenvalue weighted by atomic mass is 10.1. The summed E-state index contributed by atoms with van der Waals surface area (Å²) in [5, 5.41) is 3.35. The standard InChI is InChI=1S/C16H28N4O/c1-4-9-21-15-10-14(3)18-16(19-15)17-11-13(2)12-20-7-5-6-8-20/h10,13H,4-9,11-12H2,1-3H3,(H,17,18,19). The number of nitrogens with one attached hydrogen (secondary N) is 1. The van der Waals surface area contributed by atoms with Crippen LogP contribution < -0.4 is 10.1 Å². The van der Waals surface area contributed by atoms with Gasteiger partial charge in [0.15, 0.2) is 0 Å². The fourth-order valence-electron chi connectivity index (χ4n) is 2.64. The number of aryl methyl sites for hydroxylation is 1. The smallest absolute Gasteiger partial charge is 0.226 e. The molecule has 0 radical (unpaired) electrons. The second kappa shape index (κ2) is 8.17. The Morgan fingerprint density at radius 3 is 2.81 bits per heavy atom. The van der Waals surface area contributed by atoms with Gasteiger partial charge in [-0.2, -0.15) is 4.98 Å². The van der Waals surface area contributed by atoms with E-state index >= 15 is 0 Å². The van der Waals surface area contributed by atoms with E-state index in [9.17, 15) is 0 Å². The normalized spacial score (nSPS) is 16.9. The van der Waals surface area contributed by atoms with Crippen molar-refractivity contribution in [3.05, 3.63) is 11.8 Å². The van der Waals surface area contributed by atoms with Crippen molar-refractivity contribution in [2.24, 2.45) is 5.92 Å². The van der Waals surface area contributed by atoms with Gasteiger partial charge in [0.25, 0.3) is 0 Å².